The van der Waals surface area contributed by atoms with Gasteiger partial charge in [-0.05, 0) is 62.6 Å². The van der Waals surface area contributed by atoms with E-state index in [0.717, 1.165) is 11.1 Å². The molecule has 0 fully saturated rings. The number of hydrogen-bond donors (Lipinski definition) is 2. The fourth-order valence-corrected chi connectivity index (χ4v) is 2.26. The minimum Gasteiger partial charge on any atom is -0.478 e. The summed E-state index contributed by atoms with van der Waals surface area (Å²) in [6, 6.07) is 9.29. The molecule has 6 heteroatoms. The third-order valence-corrected chi connectivity index (χ3v) is 3.43. The van der Waals surface area contributed by atoms with Crippen molar-refractivity contribution in [3.05, 3.63) is 65.0 Å². The molecule has 0 aliphatic carbocycles. The van der Waals surface area contributed by atoms with Crippen LogP contribution in [0.4, 0.5) is 0 Å². The molecule has 3 N–H and O–H groups in total. The van der Waals surface area contributed by atoms with E-state index in [4.69, 9.17) is 15.6 Å². The van der Waals surface area contributed by atoms with E-state index < -0.39 is 23.6 Å². The highest BCUT2D eigenvalue weighted by Crippen LogP contribution is 2.18. The maximum absolute atomic E-state index is 12.1. The van der Waals surface area contributed by atoms with Crippen LogP contribution in [0.15, 0.2) is 42.6 Å². The van der Waals surface area contributed by atoms with Crippen LogP contribution in [-0.2, 0) is 16.0 Å². The number of ether oxygens (including phenoxy) is 1. The molecule has 2 rings (SSSR count). The van der Waals surface area contributed by atoms with E-state index in [2.05, 4.69) is 4.98 Å². The molecule has 0 radical (unpaired) electrons. The van der Waals surface area contributed by atoms with Gasteiger partial charge in [0.25, 0.3) is 0 Å². The van der Waals surface area contributed by atoms with Crippen molar-refractivity contribution < 1.29 is 19.4 Å². The topological polar surface area (TPSA) is 103 Å². The van der Waals surface area contributed by atoms with Crippen LogP contribution < -0.4 is 5.73 Å². The van der Waals surface area contributed by atoms with Crippen LogP contribution in [0.5, 0.6) is 0 Å². The standard InChI is InChI=1S/C19H22N2O4/c1-19(2,3)25-18(24)16(20)15-11-13(8-9-21-15)10-12-4-6-14(7-5-12)17(22)23/h4-9,11,16H,10,20H2,1-3H3,(H,22,23). The maximum Gasteiger partial charge on any atom is 0.335 e. The van der Waals surface area contributed by atoms with E-state index in [1.54, 1.807) is 57.3 Å². The molecule has 1 aromatic heterocycles. The van der Waals surface area contributed by atoms with Crippen LogP contribution >= 0.6 is 0 Å². The fourth-order valence-electron chi connectivity index (χ4n) is 2.26. The molecule has 2 aromatic rings. The number of pyridine rings is 1. The second-order valence-electron chi connectivity index (χ2n) is 6.78. The Kier molecular flexibility index (Phi) is 5.54. The highest BCUT2D eigenvalue weighted by molar-refractivity contribution is 5.87. The van der Waals surface area contributed by atoms with Crippen LogP contribution in [-0.4, -0.2) is 27.6 Å². The van der Waals surface area contributed by atoms with Gasteiger partial charge < -0.3 is 15.6 Å². The predicted octanol–water partition coefficient (Wildman–Crippen LogP) is 2.71. The van der Waals surface area contributed by atoms with Gasteiger partial charge in [-0.25, -0.2) is 9.59 Å². The Morgan fingerprint density at radius 1 is 1.16 bits per heavy atom. The van der Waals surface area contributed by atoms with E-state index in [1.165, 1.54) is 0 Å². The van der Waals surface area contributed by atoms with Gasteiger partial charge in [0.05, 0.1) is 11.3 Å². The summed E-state index contributed by atoms with van der Waals surface area (Å²) in [6.45, 7) is 5.34. The minimum absolute atomic E-state index is 0.242. The fraction of sp³-hybridized carbons (Fsp3) is 0.316. The van der Waals surface area contributed by atoms with Gasteiger partial charge in [-0.1, -0.05) is 12.1 Å². The number of carboxylic acid groups (broad SMARTS) is 1. The molecule has 1 atom stereocenters. The summed E-state index contributed by atoms with van der Waals surface area (Å²) < 4.78 is 5.29. The van der Waals surface area contributed by atoms with Crippen LogP contribution in [0.3, 0.4) is 0 Å². The third kappa shape index (κ3) is 5.39. The van der Waals surface area contributed by atoms with Crippen LogP contribution in [0, 0.1) is 0 Å². The molecule has 1 heterocycles. The van der Waals surface area contributed by atoms with Crippen molar-refractivity contribution in [2.75, 3.05) is 0 Å². The number of aromatic nitrogens is 1. The van der Waals surface area contributed by atoms with Gasteiger partial charge in [-0.3, -0.25) is 4.98 Å². The minimum atomic E-state index is -0.957. The highest BCUT2D eigenvalue weighted by Gasteiger charge is 2.24. The number of benzene rings is 1. The lowest BCUT2D eigenvalue weighted by atomic mass is 10.0. The SMILES string of the molecule is CC(C)(C)OC(=O)C(N)c1cc(Cc2ccc(C(=O)O)cc2)ccn1. The first-order chi connectivity index (χ1) is 11.7. The van der Waals surface area contributed by atoms with Crippen LogP contribution in [0.2, 0.25) is 0 Å². The Morgan fingerprint density at radius 2 is 1.80 bits per heavy atom. The monoisotopic (exact) mass is 342 g/mol. The lowest BCUT2D eigenvalue weighted by Gasteiger charge is -2.22. The van der Waals surface area contributed by atoms with E-state index in [0.29, 0.717) is 12.1 Å². The number of carbonyl (C=O) groups is 2. The zero-order valence-electron chi connectivity index (χ0n) is 14.5. The molecule has 1 unspecified atom stereocenters. The van der Waals surface area contributed by atoms with E-state index >= 15 is 0 Å². The van der Waals surface area contributed by atoms with E-state index in [1.807, 2.05) is 6.07 Å². The van der Waals surface area contributed by atoms with Crippen molar-refractivity contribution in [1.82, 2.24) is 4.98 Å². The van der Waals surface area contributed by atoms with Gasteiger partial charge in [0.1, 0.15) is 11.6 Å². The van der Waals surface area contributed by atoms with Gasteiger partial charge >= 0.3 is 11.9 Å². The lowest BCUT2D eigenvalue weighted by molar-refractivity contribution is -0.156. The molecule has 0 spiro atoms. The summed E-state index contributed by atoms with van der Waals surface area (Å²) in [7, 11) is 0. The first-order valence-electron chi connectivity index (χ1n) is 7.91. The molecular formula is C19H22N2O4. The first-order valence-corrected chi connectivity index (χ1v) is 7.91. The molecule has 0 saturated carbocycles. The second-order valence-corrected chi connectivity index (χ2v) is 6.78. The lowest BCUT2D eigenvalue weighted by Crippen LogP contribution is -2.32. The molecule has 6 nitrogen and oxygen atoms in total. The Balaban J connectivity index is 2.12. The first kappa shape index (κ1) is 18.6. The summed E-state index contributed by atoms with van der Waals surface area (Å²) in [5.74, 6) is -1.48. The number of nitrogens with zero attached hydrogens (tertiary/aromatic N) is 1. The van der Waals surface area contributed by atoms with E-state index in [9.17, 15) is 9.59 Å². The number of hydrogen-bond acceptors (Lipinski definition) is 5. The molecule has 25 heavy (non-hydrogen) atoms. The number of carbonyl (C=O) groups excluding carboxylic acids is 1. The van der Waals surface area contributed by atoms with Crippen molar-refractivity contribution in [2.45, 2.75) is 38.8 Å². The summed E-state index contributed by atoms with van der Waals surface area (Å²) in [6.07, 6.45) is 2.18. The second kappa shape index (κ2) is 7.44. The van der Waals surface area contributed by atoms with Gasteiger partial charge in [-0.2, -0.15) is 0 Å². The number of esters is 1. The Bertz CT molecular complexity index is 764. The average molecular weight is 342 g/mol. The molecule has 0 aliphatic rings. The quantitative estimate of drug-likeness (QED) is 0.810. The van der Waals surface area contributed by atoms with Gasteiger partial charge in [0.15, 0.2) is 0 Å². The zero-order chi connectivity index (χ0) is 18.6. The molecule has 0 saturated heterocycles. The largest absolute Gasteiger partial charge is 0.478 e. The van der Waals surface area contributed by atoms with Crippen molar-refractivity contribution in [3.8, 4) is 0 Å². The molecule has 0 aliphatic heterocycles. The Labute approximate surface area is 146 Å². The van der Waals surface area contributed by atoms with Gasteiger partial charge in [-0.15, -0.1) is 0 Å². The molecular weight excluding hydrogens is 320 g/mol. The van der Waals surface area contributed by atoms with Crippen molar-refractivity contribution in [2.24, 2.45) is 5.73 Å². The molecule has 0 bridgehead atoms. The van der Waals surface area contributed by atoms with Gasteiger partial charge in [0.2, 0.25) is 0 Å². The molecule has 132 valence electrons. The number of carboxylic acids is 1. The van der Waals surface area contributed by atoms with Gasteiger partial charge in [0, 0.05) is 6.20 Å². The smallest absolute Gasteiger partial charge is 0.335 e. The van der Waals surface area contributed by atoms with E-state index in [-0.39, 0.29) is 5.56 Å². The third-order valence-electron chi connectivity index (χ3n) is 3.43. The maximum atomic E-state index is 12.1. The number of rotatable bonds is 5. The van der Waals surface area contributed by atoms with Crippen molar-refractivity contribution >= 4 is 11.9 Å². The summed E-state index contributed by atoms with van der Waals surface area (Å²) in [4.78, 5) is 27.1. The average Bonchev–Trinajstić information content (AvgIpc) is 2.53. The van der Waals surface area contributed by atoms with Crippen LogP contribution in [0.1, 0.15) is 54.0 Å². The Morgan fingerprint density at radius 3 is 2.36 bits per heavy atom. The number of aromatic carboxylic acids is 1. The predicted molar refractivity (Wildman–Crippen MR) is 93.2 cm³/mol. The zero-order valence-corrected chi connectivity index (χ0v) is 14.5. The van der Waals surface area contributed by atoms with Crippen molar-refractivity contribution in [1.29, 1.82) is 0 Å². The summed E-state index contributed by atoms with van der Waals surface area (Å²) in [5, 5.41) is 8.93. The summed E-state index contributed by atoms with van der Waals surface area (Å²) in [5.41, 5.74) is 7.90. The Hall–Kier alpha value is -2.73. The molecule has 1 aromatic carbocycles. The molecule has 0 amide bonds. The summed E-state index contributed by atoms with van der Waals surface area (Å²) >= 11 is 0. The number of nitrogens with two attached hydrogens (primary N) is 1. The normalized spacial score (nSPS) is 12.5. The highest BCUT2D eigenvalue weighted by atomic mass is 16.6. The van der Waals surface area contributed by atoms with Crippen LogP contribution in [0.25, 0.3) is 0 Å². The van der Waals surface area contributed by atoms with Crippen molar-refractivity contribution in [3.63, 3.8) is 0 Å².